The molecular formula is C34H57N2O6P. The van der Waals surface area contributed by atoms with E-state index in [1.54, 1.807) is 12.2 Å². The Labute approximate surface area is 260 Å². The topological polar surface area (TPSA) is 131 Å². The molecule has 1 amide bonds. The van der Waals surface area contributed by atoms with Crippen LogP contribution in [0.2, 0.25) is 0 Å². The van der Waals surface area contributed by atoms with E-state index in [0.717, 1.165) is 44.9 Å². The van der Waals surface area contributed by atoms with Crippen LogP contribution >= 0.6 is 7.82 Å². The summed E-state index contributed by atoms with van der Waals surface area (Å²) in [5.74, 6) is -0.340. The third kappa shape index (κ3) is 28.2. The van der Waals surface area contributed by atoms with Gasteiger partial charge in [-0.1, -0.05) is 112 Å². The van der Waals surface area contributed by atoms with Gasteiger partial charge in [-0.3, -0.25) is 13.8 Å². The van der Waals surface area contributed by atoms with Gasteiger partial charge in [-0.25, -0.2) is 4.57 Å². The summed E-state index contributed by atoms with van der Waals surface area (Å²) >= 11 is 0. The smallest absolute Gasteiger partial charge is 0.387 e. The van der Waals surface area contributed by atoms with Gasteiger partial charge in [0, 0.05) is 13.0 Å². The van der Waals surface area contributed by atoms with E-state index < -0.39 is 26.6 Å². The number of unbranched alkanes of at least 4 members (excludes halogenated alkanes) is 4. The first-order valence-corrected chi connectivity index (χ1v) is 17.2. The Bertz CT molecular complexity index is 939. The van der Waals surface area contributed by atoms with Crippen molar-refractivity contribution in [2.45, 2.75) is 103 Å². The van der Waals surface area contributed by atoms with Crippen LogP contribution in [0, 0.1) is 0 Å². The Balaban J connectivity index is 4.65. The minimum absolute atomic E-state index is 0.0553. The predicted molar refractivity (Wildman–Crippen MR) is 179 cm³/mol. The Morgan fingerprint density at radius 3 is 1.93 bits per heavy atom. The largest absolute Gasteiger partial charge is 0.472 e. The summed E-state index contributed by atoms with van der Waals surface area (Å²) in [6.45, 7) is 3.81. The zero-order valence-corrected chi connectivity index (χ0v) is 27.3. The first-order chi connectivity index (χ1) is 20.9. The number of nitrogens with one attached hydrogen (secondary N) is 1. The lowest BCUT2D eigenvalue weighted by molar-refractivity contribution is -0.122. The second-order valence-electron chi connectivity index (χ2n) is 9.94. The van der Waals surface area contributed by atoms with Crippen molar-refractivity contribution in [1.82, 2.24) is 5.32 Å². The van der Waals surface area contributed by atoms with E-state index in [4.69, 9.17) is 14.8 Å². The van der Waals surface area contributed by atoms with Crippen molar-refractivity contribution in [2.75, 3.05) is 19.8 Å². The average molecular weight is 621 g/mol. The minimum Gasteiger partial charge on any atom is -0.387 e. The van der Waals surface area contributed by atoms with Crippen LogP contribution in [-0.4, -0.2) is 47.8 Å². The Morgan fingerprint density at radius 2 is 1.35 bits per heavy atom. The SMILES string of the molecule is CC/C=C\C/C=C\C/C=C\C/C=C\C/C=C\CC(=O)NC(COP(=O)(O)OCCN)C(O)/C=C/CC/C=C/CCCCC. The molecule has 0 bridgehead atoms. The summed E-state index contributed by atoms with van der Waals surface area (Å²) in [7, 11) is -4.36. The molecule has 9 heteroatoms. The maximum absolute atomic E-state index is 12.5. The first kappa shape index (κ1) is 40.7. The van der Waals surface area contributed by atoms with Crippen LogP contribution in [0.3, 0.4) is 0 Å². The summed E-state index contributed by atoms with van der Waals surface area (Å²) < 4.78 is 21.8. The summed E-state index contributed by atoms with van der Waals surface area (Å²) in [6.07, 6.45) is 38.1. The Hall–Kier alpha value is -2.32. The number of nitrogens with two attached hydrogens (primary N) is 1. The Kier molecular flexibility index (Phi) is 28.1. The molecule has 43 heavy (non-hydrogen) atoms. The fourth-order valence-electron chi connectivity index (χ4n) is 3.62. The number of aliphatic hydroxyl groups excluding tert-OH is 1. The van der Waals surface area contributed by atoms with Crippen molar-refractivity contribution >= 4 is 13.7 Å². The number of hydrogen-bond donors (Lipinski definition) is 4. The van der Waals surface area contributed by atoms with Gasteiger partial charge in [0.2, 0.25) is 5.91 Å². The molecule has 0 aliphatic heterocycles. The summed E-state index contributed by atoms with van der Waals surface area (Å²) in [5, 5.41) is 13.4. The lowest BCUT2D eigenvalue weighted by Gasteiger charge is -2.23. The highest BCUT2D eigenvalue weighted by Gasteiger charge is 2.26. The van der Waals surface area contributed by atoms with Crippen LogP contribution in [-0.2, 0) is 18.4 Å². The van der Waals surface area contributed by atoms with Gasteiger partial charge in [0.1, 0.15) is 0 Å². The zero-order chi connectivity index (χ0) is 31.9. The van der Waals surface area contributed by atoms with Gasteiger partial charge in [0.25, 0.3) is 0 Å². The second-order valence-corrected chi connectivity index (χ2v) is 11.4. The van der Waals surface area contributed by atoms with E-state index in [1.807, 2.05) is 18.2 Å². The normalized spacial score (nSPS) is 15.7. The molecule has 3 unspecified atom stereocenters. The van der Waals surface area contributed by atoms with Gasteiger partial charge in [0.15, 0.2) is 0 Å². The number of phosphoric ester groups is 1. The molecule has 0 spiro atoms. The number of rotatable bonds is 27. The van der Waals surface area contributed by atoms with Crippen molar-refractivity contribution in [3.63, 3.8) is 0 Å². The molecule has 0 rings (SSSR count). The van der Waals surface area contributed by atoms with Crippen molar-refractivity contribution in [3.05, 3.63) is 85.1 Å². The van der Waals surface area contributed by atoms with Crippen molar-refractivity contribution < 1.29 is 28.4 Å². The van der Waals surface area contributed by atoms with Gasteiger partial charge in [-0.2, -0.15) is 0 Å². The number of carbonyl (C=O) groups is 1. The fraction of sp³-hybridized carbons (Fsp3) is 0.559. The molecule has 3 atom stereocenters. The molecule has 5 N–H and O–H groups in total. The number of phosphoric acid groups is 1. The molecule has 0 aromatic rings. The van der Waals surface area contributed by atoms with E-state index in [0.29, 0.717) is 6.42 Å². The van der Waals surface area contributed by atoms with E-state index >= 15 is 0 Å². The highest BCUT2D eigenvalue weighted by atomic mass is 31.2. The molecule has 0 aromatic heterocycles. The molecule has 8 nitrogen and oxygen atoms in total. The van der Waals surface area contributed by atoms with Gasteiger partial charge >= 0.3 is 7.82 Å². The third-order valence-electron chi connectivity index (χ3n) is 5.98. The second kappa shape index (κ2) is 29.7. The summed E-state index contributed by atoms with van der Waals surface area (Å²) in [6, 6.07) is -0.932. The van der Waals surface area contributed by atoms with Crippen LogP contribution in [0.5, 0.6) is 0 Å². The highest BCUT2D eigenvalue weighted by molar-refractivity contribution is 7.47. The molecule has 0 fully saturated rings. The molecular weight excluding hydrogens is 563 g/mol. The van der Waals surface area contributed by atoms with Crippen molar-refractivity contribution in [2.24, 2.45) is 5.73 Å². The van der Waals surface area contributed by atoms with Gasteiger partial charge in [-0.05, 0) is 57.8 Å². The zero-order valence-electron chi connectivity index (χ0n) is 26.4. The maximum Gasteiger partial charge on any atom is 0.472 e. The van der Waals surface area contributed by atoms with Gasteiger partial charge in [0.05, 0.1) is 25.4 Å². The van der Waals surface area contributed by atoms with Crippen LogP contribution in [0.4, 0.5) is 0 Å². The van der Waals surface area contributed by atoms with E-state index in [9.17, 15) is 19.4 Å². The fourth-order valence-corrected chi connectivity index (χ4v) is 4.38. The quantitative estimate of drug-likeness (QED) is 0.0424. The molecule has 0 radical (unpaired) electrons. The molecule has 0 aromatic carbocycles. The van der Waals surface area contributed by atoms with Crippen molar-refractivity contribution in [1.29, 1.82) is 0 Å². The number of allylic oxidation sites excluding steroid dienone is 12. The lowest BCUT2D eigenvalue weighted by Crippen LogP contribution is -2.45. The molecule has 0 saturated heterocycles. The van der Waals surface area contributed by atoms with E-state index in [2.05, 4.69) is 73.8 Å². The van der Waals surface area contributed by atoms with E-state index in [-0.39, 0.29) is 25.5 Å². The van der Waals surface area contributed by atoms with Crippen LogP contribution in [0.25, 0.3) is 0 Å². The molecule has 0 saturated carbocycles. The van der Waals surface area contributed by atoms with Crippen molar-refractivity contribution in [3.8, 4) is 0 Å². The number of aliphatic hydroxyl groups is 1. The monoisotopic (exact) mass is 620 g/mol. The number of carbonyl (C=O) groups excluding carboxylic acids is 1. The average Bonchev–Trinajstić information content (AvgIpc) is 2.99. The molecule has 0 aliphatic carbocycles. The molecule has 0 aliphatic rings. The third-order valence-corrected chi connectivity index (χ3v) is 6.97. The number of amides is 1. The first-order valence-electron chi connectivity index (χ1n) is 15.7. The number of hydrogen-bond acceptors (Lipinski definition) is 6. The van der Waals surface area contributed by atoms with Crippen LogP contribution in [0.15, 0.2) is 85.1 Å². The van der Waals surface area contributed by atoms with Gasteiger partial charge in [-0.15, -0.1) is 0 Å². The Morgan fingerprint density at radius 1 is 0.791 bits per heavy atom. The minimum atomic E-state index is -4.36. The predicted octanol–water partition coefficient (Wildman–Crippen LogP) is 7.54. The molecule has 244 valence electrons. The maximum atomic E-state index is 12.5. The van der Waals surface area contributed by atoms with Gasteiger partial charge < -0.3 is 21.1 Å². The van der Waals surface area contributed by atoms with Crippen LogP contribution in [0.1, 0.15) is 90.9 Å². The summed E-state index contributed by atoms with van der Waals surface area (Å²) in [4.78, 5) is 22.4. The highest BCUT2D eigenvalue weighted by Crippen LogP contribution is 2.43. The standard InChI is InChI=1S/C34H57N2O6P/c1-3-5-7-9-11-13-14-15-16-17-18-20-22-24-26-28-34(38)36-32(31-42-43(39,40)41-30-29-35)33(37)27-25-23-21-19-12-10-8-6-4-2/h5,7,11-13,15-16,18-20,24-27,32-33,37H,3-4,6,8-10,14,17,21-23,28-31,35H2,1-2H3,(H,36,38)(H,39,40)/b7-5-,13-11-,16-15-,19-12+,20-18-,26-24-,27-25+. The van der Waals surface area contributed by atoms with Crippen LogP contribution < -0.4 is 11.1 Å². The lowest BCUT2D eigenvalue weighted by atomic mass is 10.1. The molecule has 0 heterocycles. The van der Waals surface area contributed by atoms with E-state index in [1.165, 1.54) is 19.3 Å². The summed E-state index contributed by atoms with van der Waals surface area (Å²) in [5.41, 5.74) is 5.31.